The molecule has 0 aliphatic carbocycles. The number of fused-ring (bicyclic) bond motifs is 2. The number of aliphatic hydroxyl groups excluding tert-OH is 1. The topological polar surface area (TPSA) is 88.1 Å². The first-order valence-electron chi connectivity index (χ1n) is 10.3. The number of hydrogen-bond donors (Lipinski definition) is 2. The van der Waals surface area contributed by atoms with Crippen molar-refractivity contribution in [3.05, 3.63) is 53.6 Å². The van der Waals surface area contributed by atoms with E-state index in [4.69, 9.17) is 9.47 Å². The van der Waals surface area contributed by atoms with Gasteiger partial charge in [-0.05, 0) is 48.7 Å². The van der Waals surface area contributed by atoms with Crippen LogP contribution in [0.5, 0.6) is 11.5 Å². The summed E-state index contributed by atoms with van der Waals surface area (Å²) in [6.07, 6.45) is -2.15. The van der Waals surface area contributed by atoms with Gasteiger partial charge in [0.15, 0.2) is 6.61 Å². The minimum Gasteiger partial charge on any atom is -0.493 e. The van der Waals surface area contributed by atoms with Crippen LogP contribution in [-0.4, -0.2) is 43.3 Å². The molecule has 0 unspecified atom stereocenters. The summed E-state index contributed by atoms with van der Waals surface area (Å²) < 4.78 is 50.0. The third-order valence-electron chi connectivity index (χ3n) is 5.30. The SMILES string of the molecule is O=C(C=C1CCCOc2cc(C(F)(F)F)ccc21)Nc1ccc2c(c1)N(CCO)C(=O)CO2. The molecule has 0 atom stereocenters. The maximum atomic E-state index is 13.0. The molecule has 10 heteroatoms. The van der Waals surface area contributed by atoms with Crippen LogP contribution in [0.25, 0.3) is 5.57 Å². The molecule has 2 aromatic carbocycles. The highest BCUT2D eigenvalue weighted by Crippen LogP contribution is 2.38. The normalized spacial score (nSPS) is 16.9. The Morgan fingerprint density at radius 1 is 1.15 bits per heavy atom. The van der Waals surface area contributed by atoms with Gasteiger partial charge in [0.1, 0.15) is 11.5 Å². The zero-order chi connectivity index (χ0) is 23.6. The quantitative estimate of drug-likeness (QED) is 0.678. The maximum Gasteiger partial charge on any atom is 0.416 e. The number of nitrogens with one attached hydrogen (secondary N) is 1. The van der Waals surface area contributed by atoms with Gasteiger partial charge in [-0.3, -0.25) is 9.59 Å². The lowest BCUT2D eigenvalue weighted by Crippen LogP contribution is -2.40. The van der Waals surface area contributed by atoms with E-state index in [-0.39, 0.29) is 38.0 Å². The molecule has 33 heavy (non-hydrogen) atoms. The molecular formula is C23H21F3N2O5. The molecule has 0 aromatic heterocycles. The fourth-order valence-electron chi connectivity index (χ4n) is 3.77. The molecule has 2 amide bonds. The van der Waals surface area contributed by atoms with Crippen molar-refractivity contribution in [1.29, 1.82) is 0 Å². The van der Waals surface area contributed by atoms with Crippen LogP contribution in [0.2, 0.25) is 0 Å². The van der Waals surface area contributed by atoms with Gasteiger partial charge in [-0.1, -0.05) is 6.07 Å². The van der Waals surface area contributed by atoms with Gasteiger partial charge in [0.25, 0.3) is 5.91 Å². The number of carbonyl (C=O) groups is 2. The lowest BCUT2D eigenvalue weighted by molar-refractivity contribution is -0.137. The third-order valence-corrected chi connectivity index (χ3v) is 5.30. The van der Waals surface area contributed by atoms with Crippen molar-refractivity contribution >= 4 is 28.8 Å². The number of aliphatic hydroxyl groups is 1. The average Bonchev–Trinajstić information content (AvgIpc) is 2.97. The monoisotopic (exact) mass is 462 g/mol. The number of anilines is 2. The lowest BCUT2D eigenvalue weighted by atomic mass is 9.99. The molecule has 2 N–H and O–H groups in total. The molecule has 174 valence electrons. The minimum absolute atomic E-state index is 0.0884. The van der Waals surface area contributed by atoms with Crippen molar-refractivity contribution < 1.29 is 37.3 Å². The number of benzene rings is 2. The zero-order valence-corrected chi connectivity index (χ0v) is 17.4. The fourth-order valence-corrected chi connectivity index (χ4v) is 3.77. The summed E-state index contributed by atoms with van der Waals surface area (Å²) in [5, 5.41) is 12.0. The number of rotatable bonds is 4. The van der Waals surface area contributed by atoms with E-state index >= 15 is 0 Å². The number of amides is 2. The molecule has 0 saturated carbocycles. The van der Waals surface area contributed by atoms with Gasteiger partial charge < -0.3 is 24.8 Å². The van der Waals surface area contributed by atoms with Crippen LogP contribution >= 0.6 is 0 Å². The summed E-state index contributed by atoms with van der Waals surface area (Å²) in [6, 6.07) is 8.03. The van der Waals surface area contributed by atoms with E-state index in [1.54, 1.807) is 18.2 Å². The molecule has 2 aromatic rings. The molecule has 7 nitrogen and oxygen atoms in total. The number of hydrogen-bond acceptors (Lipinski definition) is 5. The van der Waals surface area contributed by atoms with E-state index < -0.39 is 17.6 Å². The Morgan fingerprint density at radius 3 is 2.73 bits per heavy atom. The van der Waals surface area contributed by atoms with E-state index in [0.717, 1.165) is 12.1 Å². The Bertz CT molecular complexity index is 1110. The summed E-state index contributed by atoms with van der Waals surface area (Å²) >= 11 is 0. The van der Waals surface area contributed by atoms with Gasteiger partial charge in [0.2, 0.25) is 5.91 Å². The molecule has 2 aliphatic rings. The molecule has 2 aliphatic heterocycles. The van der Waals surface area contributed by atoms with Gasteiger partial charge in [-0.15, -0.1) is 0 Å². The maximum absolute atomic E-state index is 13.0. The van der Waals surface area contributed by atoms with Crippen molar-refractivity contribution in [3.63, 3.8) is 0 Å². The van der Waals surface area contributed by atoms with Gasteiger partial charge in [0.05, 0.1) is 24.5 Å². The number of β-amino-alcohol motifs (C(OH)–C–C–N with tert-alkyl or cyclic N) is 1. The highest BCUT2D eigenvalue weighted by molar-refractivity contribution is 6.05. The molecule has 0 spiro atoms. The Morgan fingerprint density at radius 2 is 1.97 bits per heavy atom. The molecule has 4 rings (SSSR count). The predicted molar refractivity (Wildman–Crippen MR) is 114 cm³/mol. The summed E-state index contributed by atoms with van der Waals surface area (Å²) in [7, 11) is 0. The van der Waals surface area contributed by atoms with E-state index in [2.05, 4.69) is 5.32 Å². The van der Waals surface area contributed by atoms with Crippen LogP contribution < -0.4 is 19.7 Å². The standard InChI is InChI=1S/C23H21F3N2O5/c24-23(25,26)15-3-5-17-14(2-1-9-32-20(17)11-15)10-21(30)27-16-4-6-19-18(12-16)28(7-8-29)22(31)13-33-19/h3-6,10-12,29H,1-2,7-9,13H2,(H,27,30). The number of ether oxygens (including phenoxy) is 2. The van der Waals surface area contributed by atoms with Gasteiger partial charge in [-0.2, -0.15) is 13.2 Å². The van der Waals surface area contributed by atoms with Crippen LogP contribution in [0.15, 0.2) is 42.5 Å². The number of nitrogens with zero attached hydrogens (tertiary/aromatic N) is 1. The first-order valence-corrected chi connectivity index (χ1v) is 10.3. The summed E-state index contributed by atoms with van der Waals surface area (Å²) in [4.78, 5) is 26.2. The third kappa shape index (κ3) is 4.95. The van der Waals surface area contributed by atoms with Crippen molar-refractivity contribution in [2.75, 3.05) is 36.6 Å². The second-order valence-electron chi connectivity index (χ2n) is 7.56. The van der Waals surface area contributed by atoms with Crippen LogP contribution in [0.1, 0.15) is 24.0 Å². The second kappa shape index (κ2) is 9.14. The second-order valence-corrected chi connectivity index (χ2v) is 7.56. The Kier molecular flexibility index (Phi) is 6.28. The van der Waals surface area contributed by atoms with E-state index in [1.807, 2.05) is 0 Å². The van der Waals surface area contributed by atoms with E-state index in [9.17, 15) is 27.9 Å². The first kappa shape index (κ1) is 22.7. The van der Waals surface area contributed by atoms with Crippen LogP contribution in [0.3, 0.4) is 0 Å². The minimum atomic E-state index is -4.49. The average molecular weight is 462 g/mol. The van der Waals surface area contributed by atoms with Gasteiger partial charge >= 0.3 is 6.18 Å². The number of halogens is 3. The fraction of sp³-hybridized carbons (Fsp3) is 0.304. The largest absolute Gasteiger partial charge is 0.493 e. The smallest absolute Gasteiger partial charge is 0.416 e. The van der Waals surface area contributed by atoms with Gasteiger partial charge in [-0.25, -0.2) is 0 Å². The number of alkyl halides is 3. The summed E-state index contributed by atoms with van der Waals surface area (Å²) in [6.45, 7) is -0.0338. The lowest BCUT2D eigenvalue weighted by Gasteiger charge is -2.29. The molecule has 0 radical (unpaired) electrons. The Balaban J connectivity index is 1.58. The van der Waals surface area contributed by atoms with Crippen LogP contribution in [0.4, 0.5) is 24.5 Å². The summed E-state index contributed by atoms with van der Waals surface area (Å²) in [5.74, 6) is -0.245. The molecular weight excluding hydrogens is 441 g/mol. The Hall–Kier alpha value is -3.53. The van der Waals surface area contributed by atoms with E-state index in [1.165, 1.54) is 17.0 Å². The Labute approximate surface area is 187 Å². The van der Waals surface area contributed by atoms with Crippen molar-refractivity contribution in [1.82, 2.24) is 0 Å². The van der Waals surface area contributed by atoms with Crippen molar-refractivity contribution in [3.8, 4) is 11.5 Å². The zero-order valence-electron chi connectivity index (χ0n) is 17.4. The van der Waals surface area contributed by atoms with Crippen molar-refractivity contribution in [2.45, 2.75) is 19.0 Å². The molecule has 0 saturated heterocycles. The van der Waals surface area contributed by atoms with Crippen molar-refractivity contribution in [2.24, 2.45) is 0 Å². The predicted octanol–water partition coefficient (Wildman–Crippen LogP) is 3.62. The highest BCUT2D eigenvalue weighted by atomic mass is 19.4. The van der Waals surface area contributed by atoms with Crippen LogP contribution in [0, 0.1) is 0 Å². The number of carbonyl (C=O) groups excluding carboxylic acids is 2. The summed E-state index contributed by atoms with van der Waals surface area (Å²) in [5.41, 5.74) is 1.01. The highest BCUT2D eigenvalue weighted by Gasteiger charge is 2.32. The molecule has 2 heterocycles. The van der Waals surface area contributed by atoms with Gasteiger partial charge in [0, 0.05) is 23.9 Å². The molecule has 0 bridgehead atoms. The van der Waals surface area contributed by atoms with Crippen LogP contribution in [-0.2, 0) is 15.8 Å². The first-order chi connectivity index (χ1) is 15.8. The number of allylic oxidation sites excluding steroid dienone is 1. The molecule has 0 fully saturated rings. The van der Waals surface area contributed by atoms with E-state index in [0.29, 0.717) is 41.1 Å².